The molecule has 0 spiro atoms. The van der Waals surface area contributed by atoms with Crippen molar-refractivity contribution in [2.75, 3.05) is 28.2 Å². The molecule has 0 aromatic rings. The average molecular weight is 308 g/mol. The van der Waals surface area contributed by atoms with Crippen LogP contribution in [0.3, 0.4) is 0 Å². The van der Waals surface area contributed by atoms with E-state index in [0.29, 0.717) is 0 Å². The maximum Gasteiger partial charge on any atom is 0.326 e. The first kappa shape index (κ1) is 14.8. The van der Waals surface area contributed by atoms with Crippen molar-refractivity contribution in [3.63, 3.8) is 0 Å². The average Bonchev–Trinajstić information content (AvgIpc) is 2.50. The largest absolute Gasteiger partial charge is 0.326 e. The molecule has 1 saturated carbocycles. The van der Waals surface area contributed by atoms with Gasteiger partial charge in [0.1, 0.15) is 0 Å². The molecule has 2 heterocycles. The summed E-state index contributed by atoms with van der Waals surface area (Å²) in [5, 5.41) is 0. The highest BCUT2D eigenvalue weighted by Gasteiger charge is 2.80. The summed E-state index contributed by atoms with van der Waals surface area (Å²) in [6, 6.07) is -0.841. The summed E-state index contributed by atoms with van der Waals surface area (Å²) in [6.45, 7) is 3.55. The normalized spacial score (nSPS) is 41.5. The Balaban J connectivity index is 2.19. The van der Waals surface area contributed by atoms with Crippen molar-refractivity contribution in [1.82, 2.24) is 19.6 Å². The fraction of sp³-hybridized carbons (Fsp3) is 0.714. The molecule has 3 fully saturated rings. The second-order valence-electron chi connectivity index (χ2n) is 6.73. The van der Waals surface area contributed by atoms with Crippen molar-refractivity contribution in [2.45, 2.75) is 24.9 Å². The molecule has 0 unspecified atom stereocenters. The Labute approximate surface area is 128 Å². The van der Waals surface area contributed by atoms with Crippen LogP contribution in [0.2, 0.25) is 0 Å². The van der Waals surface area contributed by atoms with Crippen molar-refractivity contribution in [2.24, 2.45) is 11.8 Å². The summed E-state index contributed by atoms with van der Waals surface area (Å²) >= 11 is 0. The quantitative estimate of drug-likeness (QED) is 0.620. The van der Waals surface area contributed by atoms with Gasteiger partial charge in [0.15, 0.2) is 0 Å². The van der Waals surface area contributed by atoms with Gasteiger partial charge in [-0.25, -0.2) is 9.59 Å². The van der Waals surface area contributed by atoms with E-state index in [4.69, 9.17) is 0 Å². The Morgan fingerprint density at radius 3 is 1.23 bits per heavy atom. The van der Waals surface area contributed by atoms with Crippen molar-refractivity contribution < 1.29 is 19.2 Å². The number of imide groups is 2. The molecule has 3 rings (SSSR count). The van der Waals surface area contributed by atoms with Crippen LogP contribution in [0.4, 0.5) is 9.59 Å². The molecule has 8 heteroatoms. The van der Waals surface area contributed by atoms with Gasteiger partial charge in [0.05, 0.1) is 22.9 Å². The van der Waals surface area contributed by atoms with Crippen molar-refractivity contribution >= 4 is 23.9 Å². The fourth-order valence-electron chi connectivity index (χ4n) is 4.50. The first-order chi connectivity index (χ1) is 10.0. The zero-order chi connectivity index (χ0) is 16.8. The zero-order valence-electron chi connectivity index (χ0n) is 13.6. The molecule has 0 aromatic heterocycles. The zero-order valence-corrected chi connectivity index (χ0v) is 13.6. The van der Waals surface area contributed by atoms with E-state index < -0.39 is 35.0 Å². The number of carbonyl (C=O) groups is 4. The van der Waals surface area contributed by atoms with Gasteiger partial charge in [0, 0.05) is 28.2 Å². The van der Waals surface area contributed by atoms with E-state index in [1.165, 1.54) is 23.9 Å². The van der Waals surface area contributed by atoms with Gasteiger partial charge in [0.25, 0.3) is 0 Å². The molecule has 0 N–H and O–H groups in total. The summed E-state index contributed by atoms with van der Waals surface area (Å²) in [4.78, 5) is 54.9. The molecule has 4 atom stereocenters. The van der Waals surface area contributed by atoms with Crippen LogP contribution in [0.15, 0.2) is 0 Å². The number of hydrogen-bond acceptors (Lipinski definition) is 4. The molecule has 0 bridgehead atoms. The van der Waals surface area contributed by atoms with E-state index in [1.54, 1.807) is 27.9 Å². The predicted octanol–water partition coefficient (Wildman–Crippen LogP) is -0.203. The number of amides is 6. The number of rotatable bonds is 0. The molecule has 2 aliphatic heterocycles. The third kappa shape index (κ3) is 1.14. The minimum Gasteiger partial charge on any atom is -0.319 e. The van der Waals surface area contributed by atoms with Gasteiger partial charge in [-0.15, -0.1) is 0 Å². The third-order valence-electron chi connectivity index (χ3n) is 6.30. The minimum absolute atomic E-state index is 0.363. The summed E-state index contributed by atoms with van der Waals surface area (Å²) < 4.78 is 0. The summed E-state index contributed by atoms with van der Waals surface area (Å²) in [5.74, 6) is -2.01. The number of fused-ring (bicyclic) bond motifs is 4. The van der Waals surface area contributed by atoms with Crippen molar-refractivity contribution in [1.29, 1.82) is 0 Å². The van der Waals surface area contributed by atoms with E-state index in [0.717, 1.165) is 9.80 Å². The first-order valence-corrected chi connectivity index (χ1v) is 7.13. The highest BCUT2D eigenvalue weighted by atomic mass is 16.2. The number of hydrogen-bond donors (Lipinski definition) is 0. The van der Waals surface area contributed by atoms with Crippen molar-refractivity contribution in [3.8, 4) is 0 Å². The number of carbonyl (C=O) groups excluding carboxylic acids is 4. The maximum atomic E-state index is 12.6. The van der Waals surface area contributed by atoms with Crippen molar-refractivity contribution in [3.05, 3.63) is 0 Å². The Morgan fingerprint density at radius 1 is 0.682 bits per heavy atom. The Morgan fingerprint density at radius 2 is 0.955 bits per heavy atom. The summed E-state index contributed by atoms with van der Waals surface area (Å²) in [5.41, 5.74) is -1.81. The maximum absolute atomic E-state index is 12.6. The van der Waals surface area contributed by atoms with E-state index in [2.05, 4.69) is 0 Å². The second-order valence-corrected chi connectivity index (χ2v) is 6.73. The van der Waals surface area contributed by atoms with Gasteiger partial charge in [-0.3, -0.25) is 19.4 Å². The molecular weight excluding hydrogens is 288 g/mol. The summed E-state index contributed by atoms with van der Waals surface area (Å²) in [6.07, 6.45) is 0. The van der Waals surface area contributed by atoms with Gasteiger partial charge in [-0.1, -0.05) is 0 Å². The highest BCUT2D eigenvalue weighted by molar-refractivity contribution is 6.08. The van der Waals surface area contributed by atoms with E-state index in [1.807, 2.05) is 0 Å². The fourth-order valence-corrected chi connectivity index (χ4v) is 4.50. The highest BCUT2D eigenvalue weighted by Crippen LogP contribution is 2.61. The Bertz CT molecular complexity index is 580. The number of nitrogens with zero attached hydrogens (tertiary/aromatic N) is 4. The van der Waals surface area contributed by atoms with E-state index >= 15 is 0 Å². The standard InChI is InChI=1S/C14H20N4O4/c1-13-7(9(19)15(3)11(21)17(13)5)8-10(20)16(4)12(22)18(6)14(8,13)2/h7-8H,1-6H3/t7-,8-,13+,14+/m0/s1. The number of urea groups is 2. The smallest absolute Gasteiger partial charge is 0.319 e. The molecule has 120 valence electrons. The molecular formula is C14H20N4O4. The lowest BCUT2D eigenvalue weighted by Crippen LogP contribution is -2.92. The topological polar surface area (TPSA) is 81.2 Å². The Kier molecular flexibility index (Phi) is 2.55. The number of likely N-dealkylation sites (N-methyl/N-ethyl adjacent to an activating group) is 2. The van der Waals surface area contributed by atoms with Crippen LogP contribution in [0.25, 0.3) is 0 Å². The first-order valence-electron chi connectivity index (χ1n) is 7.13. The lowest BCUT2D eigenvalue weighted by Gasteiger charge is -2.73. The van der Waals surface area contributed by atoms with Crippen LogP contribution in [0, 0.1) is 11.8 Å². The monoisotopic (exact) mass is 308 g/mol. The molecule has 0 aromatic carbocycles. The predicted molar refractivity (Wildman–Crippen MR) is 75.6 cm³/mol. The summed E-state index contributed by atoms with van der Waals surface area (Å²) in [7, 11) is 6.06. The van der Waals surface area contributed by atoms with Gasteiger partial charge >= 0.3 is 12.1 Å². The lowest BCUT2D eigenvalue weighted by molar-refractivity contribution is -0.221. The van der Waals surface area contributed by atoms with Crippen LogP contribution >= 0.6 is 0 Å². The van der Waals surface area contributed by atoms with E-state index in [-0.39, 0.29) is 11.8 Å². The van der Waals surface area contributed by atoms with Crippen LogP contribution in [0.5, 0.6) is 0 Å². The van der Waals surface area contributed by atoms with Gasteiger partial charge in [0.2, 0.25) is 11.8 Å². The van der Waals surface area contributed by atoms with Crippen LogP contribution < -0.4 is 0 Å². The molecule has 8 nitrogen and oxygen atoms in total. The third-order valence-corrected chi connectivity index (χ3v) is 6.30. The van der Waals surface area contributed by atoms with Gasteiger partial charge in [-0.2, -0.15) is 0 Å². The molecule has 2 saturated heterocycles. The molecule has 22 heavy (non-hydrogen) atoms. The van der Waals surface area contributed by atoms with Gasteiger partial charge < -0.3 is 9.80 Å². The van der Waals surface area contributed by atoms with Crippen LogP contribution in [-0.4, -0.2) is 82.7 Å². The van der Waals surface area contributed by atoms with Gasteiger partial charge in [-0.05, 0) is 13.8 Å². The molecule has 0 radical (unpaired) electrons. The second kappa shape index (κ2) is 3.80. The van der Waals surface area contributed by atoms with E-state index in [9.17, 15) is 19.2 Å². The SMILES string of the molecule is CN1C(=O)[C@@H]2[C@H]3C(=O)N(C)C(=O)N(C)[C@@]3(C)[C@]2(C)N(C)C1=O. The molecule has 3 aliphatic rings. The van der Waals surface area contributed by atoms with Crippen LogP contribution in [0.1, 0.15) is 13.8 Å². The minimum atomic E-state index is -0.903. The van der Waals surface area contributed by atoms with Crippen LogP contribution in [-0.2, 0) is 9.59 Å². The molecule has 1 aliphatic carbocycles. The Hall–Kier alpha value is -2.12. The molecule has 6 amide bonds. The lowest BCUT2D eigenvalue weighted by atomic mass is 9.44.